The third-order valence-electron chi connectivity index (χ3n) is 10.6. The molecule has 57 heavy (non-hydrogen) atoms. The third-order valence-corrected chi connectivity index (χ3v) is 11.2. The van der Waals surface area contributed by atoms with Crippen molar-refractivity contribution in [1.29, 1.82) is 0 Å². The molecule has 1 aromatic heterocycles. The Bertz CT molecular complexity index is 2490. The van der Waals surface area contributed by atoms with Crippen LogP contribution in [0.2, 0.25) is 0 Å². The highest BCUT2D eigenvalue weighted by Gasteiger charge is 2.40. The number of sulfonamides is 1. The molecule has 3 aliphatic rings. The van der Waals surface area contributed by atoms with E-state index in [-0.39, 0.29) is 46.3 Å². The molecule has 4 aromatic rings. The smallest absolute Gasteiger partial charge is 0.315 e. The zero-order valence-electron chi connectivity index (χ0n) is 32.2. The quantitative estimate of drug-likeness (QED) is 0.0667. The number of allylic oxidation sites excluding steroid dienone is 1. The van der Waals surface area contributed by atoms with Gasteiger partial charge in [0.25, 0.3) is 0 Å². The highest BCUT2D eigenvalue weighted by molar-refractivity contribution is 7.92. The Balaban J connectivity index is 1.44. The molecule has 1 saturated heterocycles. The van der Waals surface area contributed by atoms with Gasteiger partial charge in [0.1, 0.15) is 5.82 Å². The molecule has 2 atom stereocenters. The van der Waals surface area contributed by atoms with Crippen LogP contribution in [0, 0.1) is 30.2 Å². The van der Waals surface area contributed by atoms with E-state index in [2.05, 4.69) is 40.3 Å². The Morgan fingerprint density at radius 2 is 1.68 bits per heavy atom. The van der Waals surface area contributed by atoms with Crippen molar-refractivity contribution in [2.75, 3.05) is 22.4 Å². The first-order chi connectivity index (χ1) is 27.3. The Hall–Kier alpha value is -6.26. The lowest BCUT2D eigenvalue weighted by atomic mass is 9.69. The molecule has 7 rings (SSSR count). The molecule has 3 N–H and O–H groups in total. The molecule has 12 nitrogen and oxygen atoms in total. The number of aromatic amines is 1. The summed E-state index contributed by atoms with van der Waals surface area (Å²) in [5, 5.41) is 11.5. The highest BCUT2D eigenvalue weighted by Crippen LogP contribution is 2.46. The van der Waals surface area contributed by atoms with Gasteiger partial charge in [0.2, 0.25) is 33.4 Å². The van der Waals surface area contributed by atoms with Crippen LogP contribution < -0.4 is 9.62 Å². The number of amidine groups is 1. The molecule has 1 saturated carbocycles. The van der Waals surface area contributed by atoms with Crippen LogP contribution in [0.15, 0.2) is 106 Å². The molecule has 0 bridgehead atoms. The number of hydrogen-bond acceptors (Lipinski definition) is 7. The van der Waals surface area contributed by atoms with E-state index in [0.717, 1.165) is 24.7 Å². The number of aliphatic hydroxyl groups is 1. The molecular weight excluding hydrogens is 741 g/mol. The van der Waals surface area contributed by atoms with Crippen LogP contribution in [0.25, 0.3) is 27.6 Å². The van der Waals surface area contributed by atoms with Gasteiger partial charge in [-0.3, -0.25) is 14.3 Å². The van der Waals surface area contributed by atoms with E-state index < -0.39 is 27.8 Å². The van der Waals surface area contributed by atoms with Crippen molar-refractivity contribution in [1.82, 2.24) is 4.98 Å². The van der Waals surface area contributed by atoms with Crippen molar-refractivity contribution in [3.63, 3.8) is 0 Å². The fourth-order valence-electron chi connectivity index (χ4n) is 8.39. The van der Waals surface area contributed by atoms with Gasteiger partial charge in [-0.2, -0.15) is 4.99 Å². The van der Waals surface area contributed by atoms with Crippen molar-refractivity contribution in [2.45, 2.75) is 46.5 Å². The first kappa shape index (κ1) is 39.0. The van der Waals surface area contributed by atoms with Gasteiger partial charge < -0.3 is 19.7 Å². The predicted octanol–water partition coefficient (Wildman–Crippen LogP) is 8.76. The average Bonchev–Trinajstić information content (AvgIpc) is 3.85. The minimum atomic E-state index is -3.61. The third kappa shape index (κ3) is 8.32. The summed E-state index contributed by atoms with van der Waals surface area (Å²) in [5.74, 6) is -0.460. The number of carbonyl (C=O) groups excluding carboxylic acids is 2. The maximum Gasteiger partial charge on any atom is 0.315 e. The number of H-pyrrole nitrogens is 1. The molecule has 2 fully saturated rings. The minimum absolute atomic E-state index is 0.0422. The van der Waals surface area contributed by atoms with Crippen LogP contribution in [-0.2, 0) is 24.3 Å². The summed E-state index contributed by atoms with van der Waals surface area (Å²) >= 11 is 0. The van der Waals surface area contributed by atoms with E-state index in [0.29, 0.717) is 59.2 Å². The Labute approximate surface area is 332 Å². The monoisotopic (exact) mass is 784 g/mol. The molecule has 0 radical (unpaired) electrons. The van der Waals surface area contributed by atoms with Gasteiger partial charge in [0.15, 0.2) is 5.76 Å². The summed E-state index contributed by atoms with van der Waals surface area (Å²) < 4.78 is 32.8. The standard InChI is InChI=1S/C44H44N6O6S/c1-26-22-27(2)36(28(3)23-26)44(53)56-40-38(30-16-10-7-11-17-30)34(46-41(40)48-43(52)31-18-12-19-32(24-31)49-57(5,54)55)25-33-37(29-14-8-6-9-15-29)39(45-4)42(47-33)50-21-13-20-35(50)51/h6-12,14-19,24-28,36,47,49H,13,20-23H2,1-3,5H3,(H,46,48,52)/b34-25-. The topological polar surface area (TPSA) is 158 Å². The number of aliphatic imine (C=N–C) groups is 2. The second-order valence-electron chi connectivity index (χ2n) is 15.1. The van der Waals surface area contributed by atoms with Crippen LogP contribution in [0.5, 0.6) is 0 Å². The van der Waals surface area contributed by atoms with Crippen molar-refractivity contribution >= 4 is 62.5 Å². The van der Waals surface area contributed by atoms with E-state index in [4.69, 9.17) is 16.3 Å². The number of hydrogen-bond donors (Lipinski definition) is 3. The fraction of sp³-hybridized carbons (Fsp3) is 0.295. The van der Waals surface area contributed by atoms with E-state index in [1.807, 2.05) is 60.7 Å². The lowest BCUT2D eigenvalue weighted by Crippen LogP contribution is -2.36. The number of ether oxygens (including phenoxy) is 1. The lowest BCUT2D eigenvalue weighted by molar-refractivity contribution is -0.149. The number of benzene rings is 3. The van der Waals surface area contributed by atoms with Crippen LogP contribution in [-0.4, -0.2) is 54.9 Å². The van der Waals surface area contributed by atoms with Crippen molar-refractivity contribution in [3.8, 4) is 11.1 Å². The largest absolute Gasteiger partial charge is 0.493 e. The first-order valence-corrected chi connectivity index (χ1v) is 20.9. The molecule has 1 aliphatic carbocycles. The maximum absolute atomic E-state index is 14.3. The van der Waals surface area contributed by atoms with Gasteiger partial charge in [-0.25, -0.2) is 18.3 Å². The normalized spacial score (nSPS) is 22.1. The van der Waals surface area contributed by atoms with Gasteiger partial charge in [0, 0.05) is 35.5 Å². The second-order valence-corrected chi connectivity index (χ2v) is 16.9. The van der Waals surface area contributed by atoms with Crippen LogP contribution in [0.3, 0.4) is 0 Å². The van der Waals surface area contributed by atoms with Crippen molar-refractivity contribution < 1.29 is 27.9 Å². The SMILES string of the molecule is [C-]#[N+]c1c(N2CCCC2=O)[nH]c(/C=C2\N=C(N=C(O)c3cccc(NS(C)(=O)=O)c3)C(OC(=O)C3C(C)CC(C)CC3C)=C2c2ccccc2)c1-c1ccccc1. The zero-order chi connectivity index (χ0) is 40.4. The van der Waals surface area contributed by atoms with Crippen LogP contribution in [0.1, 0.15) is 63.3 Å². The first-order valence-electron chi connectivity index (χ1n) is 19.0. The molecular formula is C44H44N6O6S. The number of aromatic nitrogens is 1. The van der Waals surface area contributed by atoms with Gasteiger partial charge >= 0.3 is 5.97 Å². The zero-order valence-corrected chi connectivity index (χ0v) is 33.0. The number of nitrogens with one attached hydrogen (secondary N) is 2. The predicted molar refractivity (Wildman–Crippen MR) is 223 cm³/mol. The Morgan fingerprint density at radius 3 is 2.30 bits per heavy atom. The number of rotatable bonds is 9. The van der Waals surface area contributed by atoms with Gasteiger partial charge in [-0.15, -0.1) is 0 Å². The summed E-state index contributed by atoms with van der Waals surface area (Å²) in [6.07, 6.45) is 5.57. The Morgan fingerprint density at radius 1 is 1.02 bits per heavy atom. The number of anilines is 2. The number of nitrogens with zero attached hydrogens (tertiary/aromatic N) is 4. The number of carbonyl (C=O) groups is 2. The molecule has 3 aromatic carbocycles. The van der Waals surface area contributed by atoms with E-state index in [9.17, 15) is 23.1 Å². The molecule has 2 aliphatic heterocycles. The molecule has 0 spiro atoms. The van der Waals surface area contributed by atoms with E-state index in [1.54, 1.807) is 29.2 Å². The molecule has 2 unspecified atom stereocenters. The van der Waals surface area contributed by atoms with Gasteiger partial charge in [-0.1, -0.05) is 87.5 Å². The summed E-state index contributed by atoms with van der Waals surface area (Å²) in [4.78, 5) is 45.7. The summed E-state index contributed by atoms with van der Waals surface area (Å²) in [7, 11) is -3.61. The molecule has 3 heterocycles. The summed E-state index contributed by atoms with van der Waals surface area (Å²) in [6.45, 7) is 15.0. The maximum atomic E-state index is 14.3. The van der Waals surface area contributed by atoms with Gasteiger partial charge in [-0.05, 0) is 72.4 Å². The molecule has 13 heteroatoms. The Kier molecular flexibility index (Phi) is 11.0. The van der Waals surface area contributed by atoms with Gasteiger partial charge in [0.05, 0.1) is 30.0 Å². The van der Waals surface area contributed by atoms with E-state index >= 15 is 0 Å². The fourth-order valence-corrected chi connectivity index (χ4v) is 8.94. The minimum Gasteiger partial charge on any atom is -0.493 e. The van der Waals surface area contributed by atoms with Crippen molar-refractivity contribution in [3.05, 3.63) is 125 Å². The second kappa shape index (κ2) is 16.1. The summed E-state index contributed by atoms with van der Waals surface area (Å²) in [5.41, 5.74) is 3.93. The number of aliphatic hydroxyl groups excluding tert-OH is 1. The molecule has 1 amide bonds. The lowest BCUT2D eigenvalue weighted by Gasteiger charge is -2.36. The molecule has 292 valence electrons. The number of amides is 1. The average molecular weight is 785 g/mol. The van der Waals surface area contributed by atoms with Crippen LogP contribution >= 0.6 is 0 Å². The summed E-state index contributed by atoms with van der Waals surface area (Å²) in [6, 6.07) is 24.8. The van der Waals surface area contributed by atoms with E-state index in [1.165, 1.54) is 6.07 Å². The van der Waals surface area contributed by atoms with Crippen molar-refractivity contribution in [2.24, 2.45) is 33.7 Å². The number of esters is 1. The van der Waals surface area contributed by atoms with Crippen LogP contribution in [0.4, 0.5) is 17.2 Å². The highest BCUT2D eigenvalue weighted by atomic mass is 32.2.